The third-order valence-electron chi connectivity index (χ3n) is 21.5. The van der Waals surface area contributed by atoms with Crippen LogP contribution in [-0.2, 0) is 36.5 Å². The maximum Gasteiger partial charge on any atom is 0.330 e. The molecule has 1 aliphatic carbocycles. The zero-order chi connectivity index (χ0) is 84.1. The van der Waals surface area contributed by atoms with Gasteiger partial charge in [0.15, 0.2) is 0 Å². The van der Waals surface area contributed by atoms with Crippen molar-refractivity contribution in [3.8, 4) is 22.5 Å². The summed E-state index contributed by atoms with van der Waals surface area (Å²) in [5.74, 6) is 0.680. The zero-order valence-electron chi connectivity index (χ0n) is 65.0. The van der Waals surface area contributed by atoms with Crippen LogP contribution >= 0.6 is 0 Å². The Morgan fingerprint density at radius 1 is 0.412 bits per heavy atom. The largest absolute Gasteiger partial charge is 0.394 e. The molecule has 630 valence electrons. The number of aliphatic hydroxyl groups excluding tert-OH is 6. The Labute approximate surface area is 673 Å². The van der Waals surface area contributed by atoms with E-state index in [0.717, 1.165) is 23.4 Å². The Bertz CT molecular complexity index is 5890. The summed E-state index contributed by atoms with van der Waals surface area (Å²) in [6, 6.07) is 24.9. The van der Waals surface area contributed by atoms with Crippen LogP contribution in [0.4, 0.5) is 0 Å². The van der Waals surface area contributed by atoms with E-state index in [1.807, 2.05) is 67.0 Å². The number of ether oxygens (including phenoxy) is 5. The zero-order valence-corrected chi connectivity index (χ0v) is 65.0. The molecule has 1 saturated carbocycles. The van der Waals surface area contributed by atoms with E-state index in [9.17, 15) is 68.4 Å². The van der Waals surface area contributed by atoms with Gasteiger partial charge < -0.3 is 54.3 Å². The minimum atomic E-state index is -0.853. The molecular formula is C78H92N20O21. The molecule has 5 aliphatic heterocycles. The summed E-state index contributed by atoms with van der Waals surface area (Å²) < 4.78 is 40.1. The molecule has 11 N–H and O–H groups in total. The van der Waals surface area contributed by atoms with Gasteiger partial charge in [-0.2, -0.15) is 0 Å². The highest BCUT2D eigenvalue weighted by molar-refractivity contribution is 5.61. The van der Waals surface area contributed by atoms with Crippen molar-refractivity contribution in [1.29, 1.82) is 0 Å². The predicted molar refractivity (Wildman–Crippen MR) is 420 cm³/mol. The third kappa shape index (κ3) is 20.2. The summed E-state index contributed by atoms with van der Waals surface area (Å²) in [4.78, 5) is 133. The van der Waals surface area contributed by atoms with Gasteiger partial charge in [-0.25, -0.2) is 38.0 Å². The fraction of sp³-hybridized carbons (Fsp3) is 0.449. The fourth-order valence-corrected chi connectivity index (χ4v) is 15.1. The number of rotatable bonds is 19. The van der Waals surface area contributed by atoms with Crippen LogP contribution in [-0.4, -0.2) is 198 Å². The van der Waals surface area contributed by atoms with Crippen molar-refractivity contribution < 1.29 is 54.3 Å². The molecule has 2 aromatic carbocycles. The van der Waals surface area contributed by atoms with Crippen molar-refractivity contribution in [3.63, 3.8) is 0 Å². The molecule has 17 rings (SSSR count). The first-order valence-corrected chi connectivity index (χ1v) is 38.8. The summed E-state index contributed by atoms with van der Waals surface area (Å²) >= 11 is 0. The molecule has 0 radical (unpaired) electrons. The van der Waals surface area contributed by atoms with Gasteiger partial charge in [0.1, 0.15) is 61.2 Å². The average molecular weight is 1650 g/mol. The number of aromatic amines is 5. The van der Waals surface area contributed by atoms with Gasteiger partial charge in [-0.1, -0.05) is 108 Å². The smallest absolute Gasteiger partial charge is 0.330 e. The summed E-state index contributed by atoms with van der Waals surface area (Å²) in [6.07, 6.45) is 17.6. The van der Waals surface area contributed by atoms with Crippen molar-refractivity contribution in [2.45, 2.75) is 184 Å². The number of H-pyrrole nitrogens is 5. The lowest BCUT2D eigenvalue weighted by Crippen LogP contribution is -2.33. The van der Waals surface area contributed by atoms with E-state index in [1.165, 1.54) is 85.6 Å². The van der Waals surface area contributed by atoms with E-state index >= 15 is 0 Å². The number of aromatic nitrogens is 20. The van der Waals surface area contributed by atoms with Crippen LogP contribution in [0.2, 0.25) is 0 Å². The van der Waals surface area contributed by atoms with Crippen molar-refractivity contribution in [3.05, 3.63) is 279 Å². The lowest BCUT2D eigenvalue weighted by Gasteiger charge is -2.15. The number of nitrogens with one attached hydrogen (secondary N) is 5. The second-order valence-corrected chi connectivity index (χ2v) is 29.7. The van der Waals surface area contributed by atoms with Gasteiger partial charge in [0.2, 0.25) is 0 Å². The topological polar surface area (TPSA) is 547 Å². The minimum Gasteiger partial charge on any atom is -0.394 e. The maximum atomic E-state index is 12.2. The molecule has 5 saturated heterocycles. The number of aryl methyl sites for hydroxylation is 3. The van der Waals surface area contributed by atoms with Gasteiger partial charge in [-0.3, -0.25) is 76.7 Å². The second kappa shape index (κ2) is 38.6. The van der Waals surface area contributed by atoms with Crippen LogP contribution in [0.25, 0.3) is 22.5 Å². The van der Waals surface area contributed by atoms with E-state index < -0.39 is 112 Å². The summed E-state index contributed by atoms with van der Waals surface area (Å²) in [6.45, 7) is 3.85. The van der Waals surface area contributed by atoms with Crippen molar-refractivity contribution in [2.75, 3.05) is 33.0 Å². The van der Waals surface area contributed by atoms with Crippen LogP contribution in [0.15, 0.2) is 189 Å². The molecule has 41 heteroatoms. The molecule has 11 aromatic rings. The molecule has 0 bridgehead atoms. The molecule has 41 nitrogen and oxygen atoms in total. The molecule has 2 unspecified atom stereocenters. The third-order valence-corrected chi connectivity index (χ3v) is 21.5. The summed E-state index contributed by atoms with van der Waals surface area (Å²) in [5, 5.41) is 82.2. The number of hydrogen-bond donors (Lipinski definition) is 11. The molecule has 0 spiro atoms. The molecule has 9 aromatic heterocycles. The van der Waals surface area contributed by atoms with E-state index in [-0.39, 0.29) is 69.9 Å². The first-order chi connectivity index (χ1) is 57.5. The first-order valence-electron chi connectivity index (χ1n) is 38.8. The highest BCUT2D eigenvalue weighted by atomic mass is 16.6. The number of benzene rings is 2. The van der Waals surface area contributed by atoms with Gasteiger partial charge in [0, 0.05) is 104 Å². The predicted octanol–water partition coefficient (Wildman–Crippen LogP) is 0.309. The van der Waals surface area contributed by atoms with Gasteiger partial charge in [0.25, 0.3) is 27.8 Å². The van der Waals surface area contributed by atoms with Gasteiger partial charge >= 0.3 is 28.4 Å². The SMILES string of the molecule is Cc1cn([C@H]2C[C@H](n3cc(-c4ccccn4)nn3)[C@@H](CO)O2)c(=O)[nH]c1=O.Cc1cn([C@H]2C[C@H](n3cc(CC4CCCC4)nn3)[C@@H](CO)O2)c(=O)[nH]c1=O.Cc1cn([C@H]2C[C@H](n3cc(Cc4ccccc4)nn3)[C@@H](CO)O2)c(=O)[nH]c1=O.O=c1[nH]c(=O)n([C@H]2C[C@H](O)[C@@H](CO)O2)cc1-c1ccccc1.O=c1ccn(C2CCC(CO)O2)c(=O)[nH]1. The number of aliphatic hydroxyl groups is 6. The van der Waals surface area contributed by atoms with Crippen LogP contribution in [0.5, 0.6) is 0 Å². The van der Waals surface area contributed by atoms with Crippen LogP contribution in [0.3, 0.4) is 0 Å². The maximum absolute atomic E-state index is 12.2. The van der Waals surface area contributed by atoms with Crippen LogP contribution in [0, 0.1) is 26.7 Å². The summed E-state index contributed by atoms with van der Waals surface area (Å²) in [5.41, 5.74) is 1.58. The molecule has 119 heavy (non-hydrogen) atoms. The molecule has 6 fully saturated rings. The van der Waals surface area contributed by atoms with Gasteiger partial charge in [-0.15, -0.1) is 15.3 Å². The van der Waals surface area contributed by atoms with Crippen LogP contribution < -0.4 is 56.2 Å². The van der Waals surface area contributed by atoms with E-state index in [4.69, 9.17) is 33.9 Å². The van der Waals surface area contributed by atoms with Crippen molar-refractivity contribution in [2.24, 2.45) is 5.92 Å². The Hall–Kier alpha value is -12.0. The average Bonchev–Trinajstić information content (AvgIpc) is 1.72. The van der Waals surface area contributed by atoms with Gasteiger partial charge in [-0.05, 0) is 69.2 Å². The summed E-state index contributed by atoms with van der Waals surface area (Å²) in [7, 11) is 0. The molecule has 0 amide bonds. The van der Waals surface area contributed by atoms with E-state index in [1.54, 1.807) is 71.5 Å². The van der Waals surface area contributed by atoms with E-state index in [2.05, 4.69) is 60.8 Å². The Morgan fingerprint density at radius 2 is 0.866 bits per heavy atom. The standard InChI is InChI=1S/C19H21N5O4.C18H25N5O4.C17H18N6O4.C15H16N2O5.C9H12N2O4/c1-12-9-23(19(27)20-18(12)26)17-8-15(16(11-25)28-17)24-10-14(21-22-24)7-13-5-3-2-4-6-13;1-11-8-22(18(26)19-17(11)25)16-7-14(15(10-24)27-16)23-9-13(20-21-23)6-12-4-2-3-5-12;1-10-7-22(17(26)19-16(10)25)15-6-13(14(9-24)27-15)23-8-12(20-21-23)11-4-2-3-5-18-11;18-8-12-11(19)6-13(22-12)17-7-10(14(20)16-15(17)21)9-4-2-1-3-5-9;12-5-6-1-2-8(15-6)11-4-3-7(13)10-9(11)14/h2-6,9-10,15-17,25H,7-8,11H2,1H3,(H,20,26,27);8-9,12,14-16,24H,2-7,10H2,1H3,(H,19,25,26);2-5,7-8,13-15,24H,6,9H2,1H3,(H,19,25,26);1-5,7,11-13,18-19H,6,8H2,(H,16,20,21);3-4,6,8,12H,1-2,5H2,(H,10,13,14)/t15-,16+,17+;14-,15+,16+;13-,14+,15+;11-,12+,13+;/m0000./s1. The Kier molecular flexibility index (Phi) is 27.5. The minimum absolute atomic E-state index is 0.0470. The normalized spacial score (nSPS) is 23.9. The number of hydrogen-bond acceptors (Lipinski definition) is 28. The van der Waals surface area contributed by atoms with Crippen molar-refractivity contribution >= 4 is 0 Å². The molecule has 6 aliphatic rings. The Balaban J connectivity index is 0.000000130. The Morgan fingerprint density at radius 3 is 1.35 bits per heavy atom. The molecular weight excluding hydrogens is 1550 g/mol. The lowest BCUT2D eigenvalue weighted by atomic mass is 10.0. The van der Waals surface area contributed by atoms with Gasteiger partial charge in [0.05, 0.1) is 92.2 Å². The quantitative estimate of drug-likeness (QED) is 0.0519. The lowest BCUT2D eigenvalue weighted by molar-refractivity contribution is -0.0458. The highest BCUT2D eigenvalue weighted by Gasteiger charge is 2.42. The monoisotopic (exact) mass is 1640 g/mol. The number of nitrogens with zero attached hydrogens (tertiary/aromatic N) is 15. The molecule has 14 heterocycles. The first kappa shape index (κ1) is 84.9. The highest BCUT2D eigenvalue weighted by Crippen LogP contribution is 2.39. The number of pyridine rings is 1. The fourth-order valence-electron chi connectivity index (χ4n) is 15.1. The molecule has 14 atom stereocenters. The second-order valence-electron chi connectivity index (χ2n) is 29.7. The van der Waals surface area contributed by atoms with Crippen molar-refractivity contribution in [1.82, 2.24) is 97.7 Å². The van der Waals surface area contributed by atoms with E-state index in [0.29, 0.717) is 83.6 Å². The van der Waals surface area contributed by atoms with Crippen LogP contribution in [0.1, 0.15) is 147 Å².